The highest BCUT2D eigenvalue weighted by atomic mass is 16.7. The minimum absolute atomic E-state index is 0.0536. The molecule has 20 heavy (non-hydrogen) atoms. The average Bonchev–Trinajstić information content (AvgIpc) is 2.76. The Balaban J connectivity index is 1.79. The van der Waals surface area contributed by atoms with Gasteiger partial charge in [0.1, 0.15) is 0 Å². The Morgan fingerprint density at radius 2 is 1.65 bits per heavy atom. The van der Waals surface area contributed by atoms with Crippen molar-refractivity contribution in [3.8, 4) is 0 Å². The van der Waals surface area contributed by atoms with E-state index in [9.17, 15) is 4.79 Å². The molecule has 4 nitrogen and oxygen atoms in total. The van der Waals surface area contributed by atoms with Gasteiger partial charge >= 0.3 is 0 Å². The highest BCUT2D eigenvalue weighted by Gasteiger charge is 2.42. The molecule has 1 N–H and O–H groups in total. The summed E-state index contributed by atoms with van der Waals surface area (Å²) in [6.45, 7) is 1.88. The zero-order valence-corrected chi connectivity index (χ0v) is 11.2. The average molecular weight is 268 g/mol. The van der Waals surface area contributed by atoms with E-state index in [4.69, 9.17) is 4.84 Å². The molecule has 0 spiro atoms. The lowest BCUT2D eigenvalue weighted by molar-refractivity contribution is -0.119. The summed E-state index contributed by atoms with van der Waals surface area (Å²) in [5.74, 6) is -0.0536. The molecule has 0 radical (unpaired) electrons. The summed E-state index contributed by atoms with van der Waals surface area (Å²) in [6.07, 6.45) is 0.288. The molecule has 4 heteroatoms. The summed E-state index contributed by atoms with van der Waals surface area (Å²) >= 11 is 0. The van der Waals surface area contributed by atoms with Crippen LogP contribution in [0.4, 0.5) is 11.4 Å². The number of rotatable bonds is 3. The van der Waals surface area contributed by atoms with E-state index in [0.29, 0.717) is 0 Å². The van der Waals surface area contributed by atoms with Crippen molar-refractivity contribution >= 4 is 17.3 Å². The monoisotopic (exact) mass is 268 g/mol. The third kappa shape index (κ3) is 2.51. The van der Waals surface area contributed by atoms with E-state index in [1.165, 1.54) is 5.06 Å². The maximum Gasteiger partial charge on any atom is 0.255 e. The van der Waals surface area contributed by atoms with Crippen molar-refractivity contribution in [2.75, 3.05) is 10.4 Å². The third-order valence-corrected chi connectivity index (χ3v) is 3.18. The Labute approximate surface area is 117 Å². The lowest BCUT2D eigenvalue weighted by Crippen LogP contribution is -2.35. The number of anilines is 2. The maximum atomic E-state index is 12.1. The van der Waals surface area contributed by atoms with Gasteiger partial charge in [-0.05, 0) is 31.2 Å². The first-order chi connectivity index (χ1) is 9.66. The van der Waals surface area contributed by atoms with E-state index in [0.717, 1.165) is 11.4 Å². The minimum atomic E-state index is -0.728. The molecular formula is C16H16N2O2. The molecule has 0 aromatic heterocycles. The van der Waals surface area contributed by atoms with Gasteiger partial charge in [-0.15, -0.1) is 0 Å². The molecule has 0 saturated carbocycles. The summed E-state index contributed by atoms with van der Waals surface area (Å²) in [5.41, 5.74) is 0.947. The highest BCUT2D eigenvalue weighted by Crippen LogP contribution is 2.31. The second-order valence-corrected chi connectivity index (χ2v) is 5.01. The second-order valence-electron chi connectivity index (χ2n) is 5.01. The molecule has 1 aliphatic rings. The zero-order chi connectivity index (χ0) is 14.0. The molecule has 1 atom stereocenters. The van der Waals surface area contributed by atoms with E-state index in [1.807, 2.05) is 67.6 Å². The number of benzene rings is 2. The van der Waals surface area contributed by atoms with Gasteiger partial charge in [0.05, 0.1) is 12.1 Å². The molecule has 1 unspecified atom stereocenters. The van der Waals surface area contributed by atoms with Gasteiger partial charge in [0.2, 0.25) is 0 Å². The number of nitrogens with one attached hydrogen (secondary N) is 1. The largest absolute Gasteiger partial charge is 0.355 e. The van der Waals surface area contributed by atoms with Crippen LogP contribution in [-0.2, 0) is 9.63 Å². The topological polar surface area (TPSA) is 41.6 Å². The van der Waals surface area contributed by atoms with Crippen LogP contribution in [0.15, 0.2) is 60.7 Å². The van der Waals surface area contributed by atoms with E-state index in [2.05, 4.69) is 5.32 Å². The van der Waals surface area contributed by atoms with Crippen molar-refractivity contribution in [2.24, 2.45) is 0 Å². The van der Waals surface area contributed by atoms with E-state index in [-0.39, 0.29) is 12.3 Å². The number of carbonyl (C=O) groups is 1. The molecule has 3 rings (SSSR count). The van der Waals surface area contributed by atoms with Crippen LogP contribution < -0.4 is 10.4 Å². The number of hydroxylamine groups is 1. The van der Waals surface area contributed by atoms with Crippen LogP contribution in [-0.4, -0.2) is 11.6 Å². The van der Waals surface area contributed by atoms with Crippen molar-refractivity contribution in [1.29, 1.82) is 0 Å². The zero-order valence-electron chi connectivity index (χ0n) is 11.2. The van der Waals surface area contributed by atoms with Gasteiger partial charge in [-0.3, -0.25) is 4.79 Å². The summed E-state index contributed by atoms with van der Waals surface area (Å²) < 4.78 is 0. The van der Waals surface area contributed by atoms with Gasteiger partial charge in [0.25, 0.3) is 5.91 Å². The summed E-state index contributed by atoms with van der Waals surface area (Å²) in [5, 5.41) is 4.62. The molecule has 0 aliphatic carbocycles. The van der Waals surface area contributed by atoms with Gasteiger partial charge in [0, 0.05) is 5.69 Å². The third-order valence-electron chi connectivity index (χ3n) is 3.18. The molecular weight excluding hydrogens is 252 g/mol. The summed E-state index contributed by atoms with van der Waals surface area (Å²) in [6, 6.07) is 19.1. The Morgan fingerprint density at radius 1 is 1.05 bits per heavy atom. The molecule has 1 amide bonds. The standard InChI is InChI=1S/C16H16N2O2/c1-16(17-13-8-4-2-5-9-13)12-15(19)18(20-16)14-10-6-3-7-11-14/h2-11,17H,12H2,1H3. The number of hydrogen-bond donors (Lipinski definition) is 1. The smallest absolute Gasteiger partial charge is 0.255 e. The lowest BCUT2D eigenvalue weighted by atomic mass is 10.1. The van der Waals surface area contributed by atoms with Crippen molar-refractivity contribution < 1.29 is 9.63 Å². The van der Waals surface area contributed by atoms with Gasteiger partial charge < -0.3 is 5.32 Å². The Bertz CT molecular complexity index is 600. The molecule has 2 aromatic rings. The van der Waals surface area contributed by atoms with Gasteiger partial charge in [0.15, 0.2) is 5.72 Å². The molecule has 0 bridgehead atoms. The fraction of sp³-hybridized carbons (Fsp3) is 0.188. The number of para-hydroxylation sites is 2. The van der Waals surface area contributed by atoms with Crippen molar-refractivity contribution in [1.82, 2.24) is 0 Å². The number of amides is 1. The number of carbonyl (C=O) groups excluding carboxylic acids is 1. The van der Waals surface area contributed by atoms with Gasteiger partial charge in [-0.1, -0.05) is 36.4 Å². The predicted molar refractivity (Wildman–Crippen MR) is 78.1 cm³/mol. The van der Waals surface area contributed by atoms with Crippen LogP contribution in [0.2, 0.25) is 0 Å². The SMILES string of the molecule is CC1(Nc2ccccc2)CC(=O)N(c2ccccc2)O1. The van der Waals surface area contributed by atoms with Crippen molar-refractivity contribution in [3.63, 3.8) is 0 Å². The van der Waals surface area contributed by atoms with E-state index >= 15 is 0 Å². The van der Waals surface area contributed by atoms with Crippen molar-refractivity contribution in [3.05, 3.63) is 60.7 Å². The first kappa shape index (κ1) is 12.7. The summed E-state index contributed by atoms with van der Waals surface area (Å²) in [4.78, 5) is 18.0. The Hall–Kier alpha value is -2.33. The first-order valence-electron chi connectivity index (χ1n) is 6.57. The summed E-state index contributed by atoms with van der Waals surface area (Å²) in [7, 11) is 0. The Kier molecular flexibility index (Phi) is 3.16. The quantitative estimate of drug-likeness (QED) is 0.929. The highest BCUT2D eigenvalue weighted by molar-refractivity contribution is 5.94. The van der Waals surface area contributed by atoms with Crippen LogP contribution in [0.3, 0.4) is 0 Å². The second kappa shape index (κ2) is 4.98. The van der Waals surface area contributed by atoms with Crippen LogP contribution in [0, 0.1) is 0 Å². The number of hydrogen-bond acceptors (Lipinski definition) is 3. The van der Waals surface area contributed by atoms with Gasteiger partial charge in [-0.2, -0.15) is 5.06 Å². The minimum Gasteiger partial charge on any atom is -0.355 e. The Morgan fingerprint density at radius 3 is 2.30 bits per heavy atom. The number of nitrogens with zero attached hydrogens (tertiary/aromatic N) is 1. The fourth-order valence-electron chi connectivity index (χ4n) is 2.30. The molecule has 2 aromatic carbocycles. The molecule has 1 aliphatic heterocycles. The molecule has 1 heterocycles. The molecule has 1 fully saturated rings. The van der Waals surface area contributed by atoms with E-state index < -0.39 is 5.72 Å². The lowest BCUT2D eigenvalue weighted by Gasteiger charge is -2.26. The van der Waals surface area contributed by atoms with Crippen LogP contribution in [0.5, 0.6) is 0 Å². The van der Waals surface area contributed by atoms with Crippen molar-refractivity contribution in [2.45, 2.75) is 19.1 Å². The van der Waals surface area contributed by atoms with Crippen LogP contribution in [0.1, 0.15) is 13.3 Å². The predicted octanol–water partition coefficient (Wildman–Crippen LogP) is 3.18. The normalized spacial score (nSPS) is 22.1. The molecule has 1 saturated heterocycles. The van der Waals surface area contributed by atoms with Crippen LogP contribution >= 0.6 is 0 Å². The maximum absolute atomic E-state index is 12.1. The van der Waals surface area contributed by atoms with Gasteiger partial charge in [-0.25, -0.2) is 4.84 Å². The first-order valence-corrected chi connectivity index (χ1v) is 6.57. The molecule has 102 valence electrons. The fourth-order valence-corrected chi connectivity index (χ4v) is 2.30. The van der Waals surface area contributed by atoms with E-state index in [1.54, 1.807) is 0 Å². The van der Waals surface area contributed by atoms with Crippen LogP contribution in [0.25, 0.3) is 0 Å².